The SMILES string of the molecule is Cc1cc(C)c2nc(N(Cc3ccccn3)C(=O)CCSc3ccc(Cl)cc3)sc2c1. The molecule has 0 radical (unpaired) electrons. The van der Waals surface area contributed by atoms with E-state index < -0.39 is 0 Å². The van der Waals surface area contributed by atoms with Crippen molar-refractivity contribution < 1.29 is 4.79 Å². The van der Waals surface area contributed by atoms with Gasteiger partial charge >= 0.3 is 0 Å². The number of pyridine rings is 1. The third-order valence-electron chi connectivity index (χ3n) is 4.80. The maximum atomic E-state index is 13.3. The molecule has 0 fully saturated rings. The minimum Gasteiger partial charge on any atom is -0.282 e. The van der Waals surface area contributed by atoms with E-state index in [1.54, 1.807) is 34.2 Å². The van der Waals surface area contributed by atoms with Crippen molar-refractivity contribution in [2.75, 3.05) is 10.7 Å². The molecule has 0 aliphatic heterocycles. The van der Waals surface area contributed by atoms with Gasteiger partial charge in [0.05, 0.1) is 22.5 Å². The second-order valence-electron chi connectivity index (χ2n) is 7.28. The summed E-state index contributed by atoms with van der Waals surface area (Å²) in [5.74, 6) is 0.725. The first-order chi connectivity index (χ1) is 15.0. The first-order valence-corrected chi connectivity index (χ1v) is 12.1. The topological polar surface area (TPSA) is 46.1 Å². The lowest BCUT2D eigenvalue weighted by Crippen LogP contribution is -2.30. The Hall–Kier alpha value is -2.41. The Bertz CT molecular complexity index is 1190. The second-order valence-corrected chi connectivity index (χ2v) is 9.89. The van der Waals surface area contributed by atoms with Gasteiger partial charge in [-0.1, -0.05) is 35.1 Å². The van der Waals surface area contributed by atoms with E-state index in [9.17, 15) is 4.79 Å². The molecule has 1 amide bonds. The number of carbonyl (C=O) groups excluding carboxylic acids is 1. The number of nitrogens with zero attached hydrogens (tertiary/aromatic N) is 3. The van der Waals surface area contributed by atoms with Gasteiger partial charge in [-0.05, 0) is 67.4 Å². The summed E-state index contributed by atoms with van der Waals surface area (Å²) in [5, 5.41) is 1.43. The first kappa shape index (κ1) is 21.8. The number of aromatic nitrogens is 2. The zero-order valence-electron chi connectivity index (χ0n) is 17.3. The third-order valence-corrected chi connectivity index (χ3v) is 7.09. The Balaban J connectivity index is 1.55. The zero-order chi connectivity index (χ0) is 21.8. The largest absolute Gasteiger partial charge is 0.282 e. The average Bonchev–Trinajstić information content (AvgIpc) is 3.18. The number of thiazole rings is 1. The van der Waals surface area contributed by atoms with Crippen molar-refractivity contribution in [2.24, 2.45) is 0 Å². The van der Waals surface area contributed by atoms with Crippen LogP contribution in [0.4, 0.5) is 5.13 Å². The lowest BCUT2D eigenvalue weighted by molar-refractivity contribution is -0.118. The summed E-state index contributed by atoms with van der Waals surface area (Å²) in [6.45, 7) is 4.55. The smallest absolute Gasteiger partial charge is 0.229 e. The number of carbonyl (C=O) groups is 1. The molecule has 2 aromatic carbocycles. The third kappa shape index (κ3) is 5.45. The Kier molecular flexibility index (Phi) is 6.90. The van der Waals surface area contributed by atoms with Crippen molar-refractivity contribution in [2.45, 2.75) is 31.7 Å². The van der Waals surface area contributed by atoms with E-state index >= 15 is 0 Å². The Morgan fingerprint density at radius 2 is 1.94 bits per heavy atom. The van der Waals surface area contributed by atoms with Crippen LogP contribution in [0, 0.1) is 13.8 Å². The normalized spacial score (nSPS) is 11.1. The van der Waals surface area contributed by atoms with Crippen LogP contribution in [0.2, 0.25) is 5.02 Å². The Labute approximate surface area is 195 Å². The summed E-state index contributed by atoms with van der Waals surface area (Å²) in [4.78, 5) is 25.4. The van der Waals surface area contributed by atoms with E-state index in [0.29, 0.717) is 23.7 Å². The average molecular weight is 468 g/mol. The fourth-order valence-electron chi connectivity index (χ4n) is 3.31. The monoisotopic (exact) mass is 467 g/mol. The van der Waals surface area contributed by atoms with E-state index in [2.05, 4.69) is 31.0 Å². The first-order valence-electron chi connectivity index (χ1n) is 9.96. The van der Waals surface area contributed by atoms with Gasteiger partial charge in [-0.25, -0.2) is 4.98 Å². The molecule has 7 heteroatoms. The second kappa shape index (κ2) is 9.81. The van der Waals surface area contributed by atoms with Gasteiger partial charge in [0.1, 0.15) is 0 Å². The summed E-state index contributed by atoms with van der Waals surface area (Å²) in [6.07, 6.45) is 2.16. The van der Waals surface area contributed by atoms with Gasteiger partial charge in [0.25, 0.3) is 0 Å². The molecule has 0 aliphatic carbocycles. The fraction of sp³-hybridized carbons (Fsp3) is 0.208. The molecule has 0 saturated carbocycles. The molecule has 0 spiro atoms. The number of anilines is 1. The standard InChI is InChI=1S/C24H22ClN3OS2/c1-16-13-17(2)23-21(14-16)31-24(27-23)28(15-19-5-3-4-11-26-19)22(29)10-12-30-20-8-6-18(25)7-9-20/h3-9,11,13-14H,10,12,15H2,1-2H3. The van der Waals surface area contributed by atoms with Crippen molar-refractivity contribution in [3.8, 4) is 0 Å². The molecule has 0 saturated heterocycles. The summed E-state index contributed by atoms with van der Waals surface area (Å²) in [6, 6.07) is 17.7. The molecule has 2 aromatic heterocycles. The van der Waals surface area contributed by atoms with Crippen LogP contribution in [0.1, 0.15) is 23.2 Å². The predicted octanol–water partition coefficient (Wildman–Crippen LogP) is 6.68. The van der Waals surface area contributed by atoms with E-state index in [1.165, 1.54) is 5.56 Å². The van der Waals surface area contributed by atoms with E-state index in [1.807, 2.05) is 42.5 Å². The minimum atomic E-state index is 0.0422. The van der Waals surface area contributed by atoms with Crippen LogP contribution in [-0.4, -0.2) is 21.6 Å². The van der Waals surface area contributed by atoms with Crippen molar-refractivity contribution in [3.63, 3.8) is 0 Å². The van der Waals surface area contributed by atoms with Crippen LogP contribution in [0.15, 0.2) is 65.7 Å². The Morgan fingerprint density at radius 3 is 2.68 bits per heavy atom. The zero-order valence-corrected chi connectivity index (χ0v) is 19.7. The highest BCUT2D eigenvalue weighted by Crippen LogP contribution is 2.33. The number of rotatable bonds is 7. The molecule has 4 rings (SSSR count). The maximum absolute atomic E-state index is 13.3. The number of fused-ring (bicyclic) bond motifs is 1. The van der Waals surface area contributed by atoms with Crippen LogP contribution in [0.3, 0.4) is 0 Å². The van der Waals surface area contributed by atoms with Gasteiger partial charge in [-0.3, -0.25) is 14.7 Å². The molecule has 0 N–H and O–H groups in total. The fourth-order valence-corrected chi connectivity index (χ4v) is 5.44. The molecular weight excluding hydrogens is 446 g/mol. The molecule has 4 nitrogen and oxygen atoms in total. The van der Waals surface area contributed by atoms with Crippen LogP contribution < -0.4 is 4.90 Å². The molecule has 0 aliphatic rings. The van der Waals surface area contributed by atoms with Crippen molar-refractivity contribution in [1.29, 1.82) is 0 Å². The van der Waals surface area contributed by atoms with E-state index in [4.69, 9.17) is 16.6 Å². The van der Waals surface area contributed by atoms with Crippen LogP contribution in [-0.2, 0) is 11.3 Å². The highest BCUT2D eigenvalue weighted by molar-refractivity contribution is 7.99. The molecule has 0 atom stereocenters. The van der Waals surface area contributed by atoms with Crippen molar-refractivity contribution in [1.82, 2.24) is 9.97 Å². The Morgan fingerprint density at radius 1 is 1.13 bits per heavy atom. The molecular formula is C24H22ClN3OS2. The molecule has 158 valence electrons. The lowest BCUT2D eigenvalue weighted by atomic mass is 10.1. The minimum absolute atomic E-state index is 0.0422. The number of hydrogen-bond donors (Lipinski definition) is 0. The van der Waals surface area contributed by atoms with Crippen LogP contribution >= 0.6 is 34.7 Å². The van der Waals surface area contributed by atoms with Crippen molar-refractivity contribution in [3.05, 3.63) is 82.6 Å². The van der Waals surface area contributed by atoms with Crippen LogP contribution in [0.5, 0.6) is 0 Å². The summed E-state index contributed by atoms with van der Waals surface area (Å²) in [5.41, 5.74) is 4.12. The van der Waals surface area contributed by atoms with Gasteiger partial charge in [0, 0.05) is 28.3 Å². The molecule has 2 heterocycles. The number of benzene rings is 2. The number of thioether (sulfide) groups is 1. The van der Waals surface area contributed by atoms with Crippen LogP contribution in [0.25, 0.3) is 10.2 Å². The molecule has 4 aromatic rings. The maximum Gasteiger partial charge on any atom is 0.229 e. The number of amides is 1. The van der Waals surface area contributed by atoms with Gasteiger partial charge in [0.15, 0.2) is 5.13 Å². The number of aryl methyl sites for hydroxylation is 2. The highest BCUT2D eigenvalue weighted by Gasteiger charge is 2.21. The van der Waals surface area contributed by atoms with Gasteiger partial charge in [0.2, 0.25) is 5.91 Å². The number of halogens is 1. The van der Waals surface area contributed by atoms with Gasteiger partial charge < -0.3 is 0 Å². The summed E-state index contributed by atoms with van der Waals surface area (Å²) >= 11 is 9.16. The summed E-state index contributed by atoms with van der Waals surface area (Å²) < 4.78 is 1.10. The highest BCUT2D eigenvalue weighted by atomic mass is 35.5. The molecule has 0 bridgehead atoms. The van der Waals surface area contributed by atoms with Gasteiger partial charge in [-0.15, -0.1) is 11.8 Å². The lowest BCUT2D eigenvalue weighted by Gasteiger charge is -2.19. The van der Waals surface area contributed by atoms with E-state index in [-0.39, 0.29) is 5.91 Å². The summed E-state index contributed by atoms with van der Waals surface area (Å²) in [7, 11) is 0. The molecule has 0 unspecified atom stereocenters. The quantitative estimate of drug-likeness (QED) is 0.284. The number of hydrogen-bond acceptors (Lipinski definition) is 5. The van der Waals surface area contributed by atoms with E-state index in [0.717, 1.165) is 31.5 Å². The molecule has 31 heavy (non-hydrogen) atoms. The van der Waals surface area contributed by atoms with Crippen molar-refractivity contribution >= 4 is 56.0 Å². The predicted molar refractivity (Wildman–Crippen MR) is 131 cm³/mol. The van der Waals surface area contributed by atoms with Gasteiger partial charge in [-0.2, -0.15) is 0 Å².